The van der Waals surface area contributed by atoms with Crippen LogP contribution in [0, 0.1) is 11.6 Å². The first-order valence-electron chi connectivity index (χ1n) is 6.17. The molecule has 0 aliphatic carbocycles. The molecule has 4 N–H and O–H groups in total. The number of rotatable bonds is 2. The van der Waals surface area contributed by atoms with Crippen LogP contribution < -0.4 is 16.2 Å². The fraction of sp³-hybridized carbons (Fsp3) is 0. The third-order valence-electron chi connectivity index (χ3n) is 2.66. The predicted octanol–water partition coefficient (Wildman–Crippen LogP) is 2.96. The molecule has 0 saturated carbocycles. The Morgan fingerprint density at radius 3 is 2.57 bits per heavy atom. The van der Waals surface area contributed by atoms with Crippen LogP contribution in [0.3, 0.4) is 0 Å². The van der Waals surface area contributed by atoms with E-state index in [1.807, 2.05) is 0 Å². The van der Waals surface area contributed by atoms with Gasteiger partial charge in [-0.25, -0.2) is 8.78 Å². The van der Waals surface area contributed by atoms with Crippen molar-refractivity contribution in [1.82, 2.24) is 10.9 Å². The number of thiocarbonyl (C=S) groups is 1. The normalized spacial score (nSPS) is 10.0. The molecule has 2 aromatic carbocycles. The van der Waals surface area contributed by atoms with Crippen molar-refractivity contribution >= 4 is 40.5 Å². The molecule has 0 aliphatic rings. The molecule has 2 aromatic rings. The monoisotopic (exact) mass is 357 g/mol. The fourth-order valence-corrected chi connectivity index (χ4v) is 1.98. The summed E-state index contributed by atoms with van der Waals surface area (Å²) in [4.78, 5) is 11.9. The highest BCUT2D eigenvalue weighted by atomic mass is 35.5. The first kappa shape index (κ1) is 16.9. The number of phenols is 1. The largest absolute Gasteiger partial charge is 0.508 e. The zero-order valence-electron chi connectivity index (χ0n) is 11.4. The Labute approximate surface area is 140 Å². The molecule has 0 fully saturated rings. The van der Waals surface area contributed by atoms with E-state index in [4.69, 9.17) is 23.8 Å². The molecular formula is C14H10ClF2N3O2S. The van der Waals surface area contributed by atoms with Crippen LogP contribution in [0.4, 0.5) is 14.5 Å². The molecule has 0 heterocycles. The van der Waals surface area contributed by atoms with Crippen molar-refractivity contribution in [1.29, 1.82) is 0 Å². The average Bonchev–Trinajstić information content (AvgIpc) is 2.50. The standard InChI is InChI=1S/C14H10ClF2N3O2S/c15-10-3-2-8(21)6-9(10)13(22)19-20-14(23)18-12-4-1-7(16)5-11(12)17/h1-6,21H,(H,19,22)(H2,18,20,23). The molecule has 0 atom stereocenters. The number of halogens is 3. The molecule has 2 rings (SSSR count). The van der Waals surface area contributed by atoms with Crippen molar-refractivity contribution in [3.63, 3.8) is 0 Å². The number of aromatic hydroxyl groups is 1. The van der Waals surface area contributed by atoms with Gasteiger partial charge in [-0.3, -0.25) is 15.6 Å². The molecule has 5 nitrogen and oxygen atoms in total. The molecule has 9 heteroatoms. The van der Waals surface area contributed by atoms with E-state index in [0.29, 0.717) is 6.07 Å². The van der Waals surface area contributed by atoms with Crippen LogP contribution in [0.5, 0.6) is 5.75 Å². The summed E-state index contributed by atoms with van der Waals surface area (Å²) in [5, 5.41) is 11.8. The van der Waals surface area contributed by atoms with Gasteiger partial charge in [-0.1, -0.05) is 11.6 Å². The third-order valence-corrected chi connectivity index (χ3v) is 3.20. The summed E-state index contributed by atoms with van der Waals surface area (Å²) in [5.41, 5.74) is 4.53. The minimum absolute atomic E-state index is 0.0231. The van der Waals surface area contributed by atoms with Crippen molar-refractivity contribution in [2.24, 2.45) is 0 Å². The summed E-state index contributed by atoms with van der Waals surface area (Å²) < 4.78 is 26.2. The lowest BCUT2D eigenvalue weighted by Gasteiger charge is -2.12. The zero-order chi connectivity index (χ0) is 17.0. The number of anilines is 1. The number of nitrogens with one attached hydrogen (secondary N) is 3. The van der Waals surface area contributed by atoms with E-state index in [9.17, 15) is 18.7 Å². The van der Waals surface area contributed by atoms with Gasteiger partial charge in [0.05, 0.1) is 16.3 Å². The van der Waals surface area contributed by atoms with E-state index < -0.39 is 17.5 Å². The summed E-state index contributed by atoms with van der Waals surface area (Å²) in [6.07, 6.45) is 0. The average molecular weight is 358 g/mol. The highest BCUT2D eigenvalue weighted by Gasteiger charge is 2.12. The van der Waals surface area contributed by atoms with Crippen LogP contribution in [0.1, 0.15) is 10.4 Å². The van der Waals surface area contributed by atoms with Crippen LogP contribution in [-0.2, 0) is 0 Å². The van der Waals surface area contributed by atoms with Crippen LogP contribution in [-0.4, -0.2) is 16.1 Å². The Morgan fingerprint density at radius 2 is 1.87 bits per heavy atom. The third kappa shape index (κ3) is 4.51. The maximum absolute atomic E-state index is 13.4. The molecule has 1 amide bonds. The number of amides is 1. The van der Waals surface area contributed by atoms with Crippen LogP contribution >= 0.6 is 23.8 Å². The summed E-state index contributed by atoms with van der Waals surface area (Å²) in [5.74, 6) is -2.35. The quantitative estimate of drug-likeness (QED) is 0.491. The Bertz CT molecular complexity index is 774. The zero-order valence-corrected chi connectivity index (χ0v) is 12.9. The highest BCUT2D eigenvalue weighted by molar-refractivity contribution is 7.80. The van der Waals surface area contributed by atoms with Gasteiger partial charge >= 0.3 is 0 Å². The SMILES string of the molecule is O=C(NNC(=S)Nc1ccc(F)cc1F)c1cc(O)ccc1Cl. The molecule has 23 heavy (non-hydrogen) atoms. The van der Waals surface area contributed by atoms with Crippen LogP contribution in [0.2, 0.25) is 5.02 Å². The summed E-state index contributed by atoms with van der Waals surface area (Å²) in [6, 6.07) is 6.77. The second kappa shape index (κ2) is 7.21. The smallest absolute Gasteiger partial charge is 0.271 e. The Balaban J connectivity index is 1.96. The summed E-state index contributed by atoms with van der Waals surface area (Å²) >= 11 is 10.7. The lowest BCUT2D eigenvalue weighted by Crippen LogP contribution is -2.43. The molecule has 0 saturated heterocycles. The van der Waals surface area contributed by atoms with Crippen LogP contribution in [0.25, 0.3) is 0 Å². The number of carbonyl (C=O) groups excluding carboxylic acids is 1. The minimum atomic E-state index is -0.837. The molecule has 0 unspecified atom stereocenters. The Hall–Kier alpha value is -2.45. The maximum Gasteiger partial charge on any atom is 0.271 e. The van der Waals surface area contributed by atoms with E-state index in [-0.39, 0.29) is 27.1 Å². The second-order valence-electron chi connectivity index (χ2n) is 4.32. The van der Waals surface area contributed by atoms with E-state index in [2.05, 4.69) is 16.2 Å². The van der Waals surface area contributed by atoms with Gasteiger partial charge in [0.15, 0.2) is 5.11 Å². The number of hydrogen-bond acceptors (Lipinski definition) is 3. The first-order valence-corrected chi connectivity index (χ1v) is 6.96. The van der Waals surface area contributed by atoms with Gasteiger partial charge in [0.1, 0.15) is 17.4 Å². The molecule has 120 valence electrons. The molecule has 0 spiro atoms. The Kier molecular flexibility index (Phi) is 5.30. The molecule has 0 radical (unpaired) electrons. The number of phenolic OH excluding ortho intramolecular Hbond substituents is 1. The minimum Gasteiger partial charge on any atom is -0.508 e. The first-order chi connectivity index (χ1) is 10.9. The lowest BCUT2D eigenvalue weighted by atomic mass is 10.2. The van der Waals surface area contributed by atoms with Gasteiger partial charge in [0.25, 0.3) is 5.91 Å². The molecular weight excluding hydrogens is 348 g/mol. The second-order valence-corrected chi connectivity index (χ2v) is 5.14. The van der Waals surface area contributed by atoms with Gasteiger partial charge in [0.2, 0.25) is 0 Å². The van der Waals surface area contributed by atoms with Crippen molar-refractivity contribution < 1.29 is 18.7 Å². The molecule has 0 aliphatic heterocycles. The van der Waals surface area contributed by atoms with Gasteiger partial charge in [0, 0.05) is 6.07 Å². The van der Waals surface area contributed by atoms with Gasteiger partial charge < -0.3 is 10.4 Å². The van der Waals surface area contributed by atoms with E-state index >= 15 is 0 Å². The van der Waals surface area contributed by atoms with E-state index in [1.165, 1.54) is 18.2 Å². The van der Waals surface area contributed by atoms with Crippen molar-refractivity contribution in [2.75, 3.05) is 5.32 Å². The fourth-order valence-electron chi connectivity index (χ4n) is 1.61. The number of benzene rings is 2. The van der Waals surface area contributed by atoms with Crippen molar-refractivity contribution in [2.45, 2.75) is 0 Å². The maximum atomic E-state index is 13.4. The summed E-state index contributed by atoms with van der Waals surface area (Å²) in [6.45, 7) is 0. The van der Waals surface area contributed by atoms with Crippen LogP contribution in [0.15, 0.2) is 36.4 Å². The Morgan fingerprint density at radius 1 is 1.13 bits per heavy atom. The van der Waals surface area contributed by atoms with Gasteiger partial charge in [-0.05, 0) is 42.5 Å². The molecule has 0 aromatic heterocycles. The highest BCUT2D eigenvalue weighted by Crippen LogP contribution is 2.20. The lowest BCUT2D eigenvalue weighted by molar-refractivity contribution is 0.0944. The van der Waals surface area contributed by atoms with E-state index in [0.717, 1.165) is 12.1 Å². The predicted molar refractivity (Wildman–Crippen MR) is 86.3 cm³/mol. The number of hydrazine groups is 1. The van der Waals surface area contributed by atoms with Crippen molar-refractivity contribution in [3.8, 4) is 5.75 Å². The number of carbonyl (C=O) groups is 1. The van der Waals surface area contributed by atoms with Gasteiger partial charge in [-0.15, -0.1) is 0 Å². The van der Waals surface area contributed by atoms with Crippen molar-refractivity contribution in [3.05, 3.63) is 58.6 Å². The topological polar surface area (TPSA) is 73.4 Å². The number of hydrogen-bond donors (Lipinski definition) is 4. The summed E-state index contributed by atoms with van der Waals surface area (Å²) in [7, 11) is 0. The molecule has 0 bridgehead atoms. The van der Waals surface area contributed by atoms with E-state index in [1.54, 1.807) is 0 Å². The van der Waals surface area contributed by atoms with Gasteiger partial charge in [-0.2, -0.15) is 0 Å².